The molecule has 2 amide bonds. The van der Waals surface area contributed by atoms with Crippen LogP contribution in [0, 0.1) is 0 Å². The highest BCUT2D eigenvalue weighted by Crippen LogP contribution is 2.16. The van der Waals surface area contributed by atoms with Gasteiger partial charge >= 0.3 is 5.97 Å². The summed E-state index contributed by atoms with van der Waals surface area (Å²) in [6.07, 6.45) is 4.64. The van der Waals surface area contributed by atoms with Gasteiger partial charge in [-0.3, -0.25) is 14.4 Å². The van der Waals surface area contributed by atoms with E-state index in [4.69, 9.17) is 16.3 Å². The van der Waals surface area contributed by atoms with E-state index in [1.54, 1.807) is 47.4 Å². The van der Waals surface area contributed by atoms with Crippen molar-refractivity contribution in [1.82, 2.24) is 10.2 Å². The molecule has 0 atom stereocenters. The minimum Gasteiger partial charge on any atom is -0.427 e. The second kappa shape index (κ2) is 10.1. The van der Waals surface area contributed by atoms with Crippen LogP contribution >= 0.6 is 11.6 Å². The van der Waals surface area contributed by atoms with Crippen molar-refractivity contribution in [2.45, 2.75) is 25.8 Å². The Kier molecular flexibility index (Phi) is 7.25. The number of carbonyl (C=O) groups excluding carboxylic acids is 3. The number of nitrogens with one attached hydrogen (secondary N) is 1. The van der Waals surface area contributed by atoms with Crippen LogP contribution in [0.25, 0.3) is 6.08 Å². The molecule has 0 aromatic heterocycles. The molecule has 156 valence electrons. The lowest BCUT2D eigenvalue weighted by Gasteiger charge is -2.31. The molecular weight excluding hydrogens is 404 g/mol. The zero-order valence-electron chi connectivity index (χ0n) is 16.6. The van der Waals surface area contributed by atoms with Crippen LogP contribution in [0.15, 0.2) is 54.6 Å². The number of rotatable bonds is 5. The Bertz CT molecular complexity index is 965. The van der Waals surface area contributed by atoms with Gasteiger partial charge in [0.05, 0.1) is 0 Å². The van der Waals surface area contributed by atoms with E-state index < -0.39 is 5.97 Å². The Hall–Kier alpha value is -3.12. The largest absolute Gasteiger partial charge is 0.427 e. The van der Waals surface area contributed by atoms with E-state index in [9.17, 15) is 14.4 Å². The molecule has 1 fully saturated rings. The van der Waals surface area contributed by atoms with Crippen molar-refractivity contribution in [3.05, 3.63) is 70.8 Å². The summed E-state index contributed by atoms with van der Waals surface area (Å²) < 4.78 is 5.02. The predicted molar refractivity (Wildman–Crippen MR) is 115 cm³/mol. The van der Waals surface area contributed by atoms with Crippen LogP contribution in [0.5, 0.6) is 5.75 Å². The number of benzene rings is 2. The number of piperidine rings is 1. The van der Waals surface area contributed by atoms with E-state index in [1.165, 1.54) is 13.0 Å². The predicted octanol–water partition coefficient (Wildman–Crippen LogP) is 3.70. The van der Waals surface area contributed by atoms with Crippen LogP contribution < -0.4 is 10.1 Å². The number of esters is 1. The smallest absolute Gasteiger partial charge is 0.308 e. The van der Waals surface area contributed by atoms with E-state index in [1.807, 2.05) is 12.1 Å². The summed E-state index contributed by atoms with van der Waals surface area (Å²) in [6, 6.07) is 13.8. The number of likely N-dealkylation sites (tertiary alicyclic amines) is 1. The van der Waals surface area contributed by atoms with Crippen molar-refractivity contribution in [3.63, 3.8) is 0 Å². The summed E-state index contributed by atoms with van der Waals surface area (Å²) >= 11 is 5.96. The van der Waals surface area contributed by atoms with Crippen LogP contribution in [0.1, 0.15) is 35.7 Å². The molecule has 0 saturated carbocycles. The van der Waals surface area contributed by atoms with Crippen LogP contribution in [0.4, 0.5) is 0 Å². The number of hydrogen-bond donors (Lipinski definition) is 1. The van der Waals surface area contributed by atoms with Crippen molar-refractivity contribution in [2.24, 2.45) is 0 Å². The summed E-state index contributed by atoms with van der Waals surface area (Å²) in [5.74, 6) is -0.389. The molecule has 7 heteroatoms. The van der Waals surface area contributed by atoms with Gasteiger partial charge in [0.2, 0.25) is 5.91 Å². The lowest BCUT2D eigenvalue weighted by Crippen LogP contribution is -2.46. The number of carbonyl (C=O) groups is 3. The van der Waals surface area contributed by atoms with E-state index in [-0.39, 0.29) is 17.9 Å². The average molecular weight is 427 g/mol. The van der Waals surface area contributed by atoms with Crippen molar-refractivity contribution in [1.29, 1.82) is 0 Å². The second-order valence-electron chi connectivity index (χ2n) is 7.08. The Balaban J connectivity index is 1.50. The van der Waals surface area contributed by atoms with Crippen LogP contribution in [-0.4, -0.2) is 41.8 Å². The molecule has 6 nitrogen and oxygen atoms in total. The summed E-state index contributed by atoms with van der Waals surface area (Å²) in [7, 11) is 0. The van der Waals surface area contributed by atoms with Crippen molar-refractivity contribution >= 4 is 35.5 Å². The summed E-state index contributed by atoms with van der Waals surface area (Å²) in [5.41, 5.74) is 1.30. The molecule has 1 aliphatic rings. The van der Waals surface area contributed by atoms with E-state index in [2.05, 4.69) is 5.32 Å². The summed E-state index contributed by atoms with van der Waals surface area (Å²) in [4.78, 5) is 37.8. The molecule has 3 rings (SSSR count). The molecule has 1 saturated heterocycles. The fourth-order valence-electron chi connectivity index (χ4n) is 3.26. The monoisotopic (exact) mass is 426 g/mol. The lowest BCUT2D eigenvalue weighted by atomic mass is 10.0. The fourth-order valence-corrected chi connectivity index (χ4v) is 3.46. The zero-order chi connectivity index (χ0) is 21.5. The Morgan fingerprint density at radius 3 is 2.53 bits per heavy atom. The number of hydrogen-bond acceptors (Lipinski definition) is 4. The fraction of sp³-hybridized carbons (Fsp3) is 0.261. The molecule has 1 heterocycles. The first-order valence-electron chi connectivity index (χ1n) is 9.72. The Morgan fingerprint density at radius 2 is 1.83 bits per heavy atom. The van der Waals surface area contributed by atoms with Gasteiger partial charge in [-0.1, -0.05) is 29.8 Å². The van der Waals surface area contributed by atoms with Gasteiger partial charge in [0.25, 0.3) is 5.91 Å². The third-order valence-electron chi connectivity index (χ3n) is 4.77. The second-order valence-corrected chi connectivity index (χ2v) is 7.52. The molecule has 30 heavy (non-hydrogen) atoms. The van der Waals surface area contributed by atoms with E-state index in [0.717, 1.165) is 5.56 Å². The Morgan fingerprint density at radius 1 is 1.10 bits per heavy atom. The van der Waals surface area contributed by atoms with Gasteiger partial charge in [0.15, 0.2) is 0 Å². The first kappa shape index (κ1) is 21.6. The lowest BCUT2D eigenvalue weighted by molar-refractivity contribution is -0.132. The zero-order valence-corrected chi connectivity index (χ0v) is 17.4. The van der Waals surface area contributed by atoms with Gasteiger partial charge in [-0.25, -0.2) is 0 Å². The molecule has 1 N–H and O–H groups in total. The molecular formula is C23H23ClN2O4. The van der Waals surface area contributed by atoms with E-state index in [0.29, 0.717) is 42.3 Å². The Labute approximate surface area is 180 Å². The van der Waals surface area contributed by atoms with E-state index >= 15 is 0 Å². The van der Waals surface area contributed by atoms with Crippen molar-refractivity contribution in [3.8, 4) is 5.75 Å². The van der Waals surface area contributed by atoms with Crippen LogP contribution in [0.2, 0.25) is 5.02 Å². The minimum absolute atomic E-state index is 0.0177. The quantitative estimate of drug-likeness (QED) is 0.449. The number of halogens is 1. The molecule has 0 spiro atoms. The number of nitrogens with zero attached hydrogens (tertiary/aromatic N) is 1. The molecule has 1 aliphatic heterocycles. The van der Waals surface area contributed by atoms with Crippen molar-refractivity contribution < 1.29 is 19.1 Å². The number of amides is 2. The third kappa shape index (κ3) is 6.19. The van der Waals surface area contributed by atoms with Gasteiger partial charge < -0.3 is 15.0 Å². The van der Waals surface area contributed by atoms with Gasteiger partial charge in [0.1, 0.15) is 5.75 Å². The minimum atomic E-state index is -0.436. The average Bonchev–Trinajstić information content (AvgIpc) is 2.72. The van der Waals surface area contributed by atoms with Crippen LogP contribution in [0.3, 0.4) is 0 Å². The summed E-state index contributed by atoms with van der Waals surface area (Å²) in [5, 5.41) is 3.61. The standard InChI is InChI=1S/C23H23ClN2O4/c1-16(27)30-21-7-3-5-18(15-21)23(29)25-20-10-12-26(13-11-20)22(28)9-8-17-4-2-6-19(24)14-17/h2-9,14-15,20H,10-13H2,1H3,(H,25,29)/b9-8+. The highest BCUT2D eigenvalue weighted by atomic mass is 35.5. The first-order valence-corrected chi connectivity index (χ1v) is 10.1. The summed E-state index contributed by atoms with van der Waals surface area (Å²) in [6.45, 7) is 2.44. The normalized spacial score (nSPS) is 14.5. The van der Waals surface area contributed by atoms with Crippen molar-refractivity contribution in [2.75, 3.05) is 13.1 Å². The van der Waals surface area contributed by atoms with Gasteiger partial charge in [-0.05, 0) is 54.8 Å². The maximum Gasteiger partial charge on any atom is 0.308 e. The number of ether oxygens (including phenoxy) is 1. The highest BCUT2D eigenvalue weighted by Gasteiger charge is 2.23. The molecule has 0 radical (unpaired) electrons. The molecule has 0 unspecified atom stereocenters. The molecule has 2 aromatic carbocycles. The van der Waals surface area contributed by atoms with Gasteiger partial charge in [-0.15, -0.1) is 0 Å². The molecule has 0 aliphatic carbocycles. The van der Waals surface area contributed by atoms with Gasteiger partial charge in [-0.2, -0.15) is 0 Å². The SMILES string of the molecule is CC(=O)Oc1cccc(C(=O)NC2CCN(C(=O)/C=C/c3cccc(Cl)c3)CC2)c1. The van der Waals surface area contributed by atoms with Gasteiger partial charge in [0, 0.05) is 42.7 Å². The molecule has 2 aromatic rings. The third-order valence-corrected chi connectivity index (χ3v) is 5.00. The van der Waals surface area contributed by atoms with Crippen LogP contribution in [-0.2, 0) is 9.59 Å². The first-order chi connectivity index (χ1) is 14.4. The highest BCUT2D eigenvalue weighted by molar-refractivity contribution is 6.30. The maximum atomic E-state index is 12.5. The molecule has 0 bridgehead atoms. The maximum absolute atomic E-state index is 12.5. The topological polar surface area (TPSA) is 75.7 Å².